The molecule has 3 aromatic carbocycles. The molecule has 0 aliphatic carbocycles. The Kier molecular flexibility index (Phi) is 5.95. The van der Waals surface area contributed by atoms with Gasteiger partial charge in [0.05, 0.1) is 0 Å². The zero-order chi connectivity index (χ0) is 23.7. The first-order valence-corrected chi connectivity index (χ1v) is 11.6. The highest BCUT2D eigenvalue weighted by Gasteiger charge is 2.14. The Morgan fingerprint density at radius 2 is 1.68 bits per heavy atom. The first-order valence-electron chi connectivity index (χ1n) is 11.2. The Bertz CT molecular complexity index is 1450. The Hall–Kier alpha value is -3.83. The van der Waals surface area contributed by atoms with E-state index >= 15 is 0 Å². The van der Waals surface area contributed by atoms with Crippen molar-refractivity contribution in [2.75, 3.05) is 5.32 Å². The molecule has 0 saturated carbocycles. The van der Waals surface area contributed by atoms with Crippen LogP contribution in [0.15, 0.2) is 87.7 Å². The van der Waals surface area contributed by atoms with Gasteiger partial charge in [0, 0.05) is 21.8 Å². The number of amides is 1. The van der Waals surface area contributed by atoms with Crippen molar-refractivity contribution in [3.05, 3.63) is 95.2 Å². The van der Waals surface area contributed by atoms with Gasteiger partial charge in [0.1, 0.15) is 11.3 Å². The minimum absolute atomic E-state index is 0.227. The van der Waals surface area contributed by atoms with Crippen molar-refractivity contribution in [1.82, 2.24) is 4.98 Å². The predicted molar refractivity (Wildman–Crippen MR) is 135 cm³/mol. The van der Waals surface area contributed by atoms with Gasteiger partial charge in [-0.25, -0.2) is 4.98 Å². The molecule has 0 spiro atoms. The fourth-order valence-electron chi connectivity index (χ4n) is 3.73. The molecule has 0 radical (unpaired) electrons. The van der Waals surface area contributed by atoms with Gasteiger partial charge < -0.3 is 14.2 Å². The molecule has 5 aromatic rings. The van der Waals surface area contributed by atoms with E-state index in [2.05, 4.69) is 36.3 Å². The molecule has 1 amide bonds. The SMILES string of the molecule is CC[C@@H](C)c1ccc2oc(-c3ccc(NC(=O)c4ccc(-c5ccc(Cl)cc5)o4)cc3)nc2c1. The molecule has 34 heavy (non-hydrogen) atoms. The maximum absolute atomic E-state index is 12.6. The molecule has 0 bridgehead atoms. The molecule has 0 saturated heterocycles. The molecular weight excluding hydrogens is 448 g/mol. The molecule has 170 valence electrons. The number of aromatic nitrogens is 1. The summed E-state index contributed by atoms with van der Waals surface area (Å²) in [4.78, 5) is 17.3. The lowest BCUT2D eigenvalue weighted by Crippen LogP contribution is -2.10. The van der Waals surface area contributed by atoms with Crippen LogP contribution in [0.2, 0.25) is 5.02 Å². The van der Waals surface area contributed by atoms with Gasteiger partial charge in [-0.3, -0.25) is 4.79 Å². The first kappa shape index (κ1) is 22.0. The molecule has 0 fully saturated rings. The third kappa shape index (κ3) is 4.47. The Labute approximate surface area is 202 Å². The van der Waals surface area contributed by atoms with Crippen LogP contribution in [0.4, 0.5) is 5.69 Å². The Morgan fingerprint density at radius 3 is 2.41 bits per heavy atom. The van der Waals surface area contributed by atoms with Crippen molar-refractivity contribution in [1.29, 1.82) is 0 Å². The van der Waals surface area contributed by atoms with E-state index in [1.807, 2.05) is 42.5 Å². The number of anilines is 1. The summed E-state index contributed by atoms with van der Waals surface area (Å²) in [6.07, 6.45) is 1.07. The molecule has 2 aromatic heterocycles. The predicted octanol–water partition coefficient (Wildman–Crippen LogP) is 8.17. The average Bonchev–Trinajstić information content (AvgIpc) is 3.52. The summed E-state index contributed by atoms with van der Waals surface area (Å²) in [5.41, 5.74) is 5.19. The van der Waals surface area contributed by atoms with Gasteiger partial charge in [-0.05, 0) is 90.7 Å². The van der Waals surface area contributed by atoms with Crippen LogP contribution in [0.1, 0.15) is 42.3 Å². The third-order valence-electron chi connectivity index (χ3n) is 5.94. The van der Waals surface area contributed by atoms with Crippen LogP contribution in [-0.4, -0.2) is 10.9 Å². The quantitative estimate of drug-likeness (QED) is 0.271. The standard InChI is InChI=1S/C28H23ClN2O3/c1-3-17(2)20-8-13-25-23(16-20)31-28(34-25)19-6-11-22(12-7-19)30-27(32)26-15-14-24(33-26)18-4-9-21(29)10-5-18/h4-17H,3H2,1-2H3,(H,30,32)/t17-/m1/s1. The van der Waals surface area contributed by atoms with E-state index < -0.39 is 0 Å². The molecular formula is C28H23ClN2O3. The van der Waals surface area contributed by atoms with Gasteiger partial charge in [0.25, 0.3) is 5.91 Å². The maximum atomic E-state index is 12.6. The fraction of sp³-hybridized carbons (Fsp3) is 0.143. The van der Waals surface area contributed by atoms with Crippen LogP contribution in [-0.2, 0) is 0 Å². The number of hydrogen-bond acceptors (Lipinski definition) is 4. The summed E-state index contributed by atoms with van der Waals surface area (Å²) in [6.45, 7) is 4.38. The molecule has 1 atom stereocenters. The van der Waals surface area contributed by atoms with E-state index in [0.717, 1.165) is 28.6 Å². The maximum Gasteiger partial charge on any atom is 0.291 e. The largest absolute Gasteiger partial charge is 0.451 e. The highest BCUT2D eigenvalue weighted by atomic mass is 35.5. The molecule has 2 heterocycles. The summed E-state index contributed by atoms with van der Waals surface area (Å²) >= 11 is 5.93. The number of oxazole rings is 1. The van der Waals surface area contributed by atoms with Crippen molar-refractivity contribution < 1.29 is 13.6 Å². The van der Waals surface area contributed by atoms with Crippen molar-refractivity contribution in [3.63, 3.8) is 0 Å². The molecule has 6 heteroatoms. The van der Waals surface area contributed by atoms with Crippen molar-refractivity contribution >= 4 is 34.3 Å². The number of furan rings is 1. The monoisotopic (exact) mass is 470 g/mol. The fourth-order valence-corrected chi connectivity index (χ4v) is 3.85. The number of rotatable bonds is 6. The number of fused-ring (bicyclic) bond motifs is 1. The number of benzene rings is 3. The highest BCUT2D eigenvalue weighted by molar-refractivity contribution is 6.30. The van der Waals surface area contributed by atoms with Crippen LogP contribution >= 0.6 is 11.6 Å². The van der Waals surface area contributed by atoms with Gasteiger partial charge in [0.2, 0.25) is 5.89 Å². The lowest BCUT2D eigenvalue weighted by atomic mass is 9.98. The lowest BCUT2D eigenvalue weighted by molar-refractivity contribution is 0.0997. The summed E-state index contributed by atoms with van der Waals surface area (Å²) in [5.74, 6) is 1.53. The van der Waals surface area contributed by atoms with Crippen LogP contribution in [0, 0.1) is 0 Å². The minimum atomic E-state index is -0.326. The van der Waals surface area contributed by atoms with Gasteiger partial charge in [-0.1, -0.05) is 31.5 Å². The zero-order valence-corrected chi connectivity index (χ0v) is 19.6. The third-order valence-corrected chi connectivity index (χ3v) is 6.19. The van der Waals surface area contributed by atoms with Crippen LogP contribution in [0.25, 0.3) is 33.9 Å². The van der Waals surface area contributed by atoms with E-state index in [4.69, 9.17) is 20.4 Å². The van der Waals surface area contributed by atoms with Crippen LogP contribution in [0.3, 0.4) is 0 Å². The Morgan fingerprint density at radius 1 is 0.941 bits per heavy atom. The first-order chi connectivity index (χ1) is 16.5. The van der Waals surface area contributed by atoms with Crippen molar-refractivity contribution in [3.8, 4) is 22.8 Å². The Balaban J connectivity index is 1.30. The van der Waals surface area contributed by atoms with E-state index in [1.54, 1.807) is 24.3 Å². The number of carbonyl (C=O) groups is 1. The molecule has 0 aliphatic rings. The molecule has 0 unspecified atom stereocenters. The minimum Gasteiger partial charge on any atom is -0.451 e. The molecule has 0 aliphatic heterocycles. The second-order valence-electron chi connectivity index (χ2n) is 8.26. The second-order valence-corrected chi connectivity index (χ2v) is 8.69. The summed E-state index contributed by atoms with van der Waals surface area (Å²) in [5, 5.41) is 3.50. The molecule has 1 N–H and O–H groups in total. The van der Waals surface area contributed by atoms with Crippen molar-refractivity contribution in [2.45, 2.75) is 26.2 Å². The second kappa shape index (κ2) is 9.20. The van der Waals surface area contributed by atoms with Gasteiger partial charge in [-0.2, -0.15) is 0 Å². The van der Waals surface area contributed by atoms with E-state index in [0.29, 0.717) is 28.3 Å². The number of carbonyl (C=O) groups excluding carboxylic acids is 1. The number of nitrogens with one attached hydrogen (secondary N) is 1. The molecule has 5 rings (SSSR count). The number of halogens is 1. The smallest absolute Gasteiger partial charge is 0.291 e. The topological polar surface area (TPSA) is 68.3 Å². The number of nitrogens with zero attached hydrogens (tertiary/aromatic N) is 1. The summed E-state index contributed by atoms with van der Waals surface area (Å²) < 4.78 is 11.7. The average molecular weight is 471 g/mol. The van der Waals surface area contributed by atoms with E-state index in [1.165, 1.54) is 5.56 Å². The van der Waals surface area contributed by atoms with Crippen LogP contribution < -0.4 is 5.32 Å². The van der Waals surface area contributed by atoms with Gasteiger partial charge >= 0.3 is 0 Å². The van der Waals surface area contributed by atoms with Crippen molar-refractivity contribution in [2.24, 2.45) is 0 Å². The van der Waals surface area contributed by atoms with Gasteiger partial charge in [-0.15, -0.1) is 0 Å². The number of hydrogen-bond donors (Lipinski definition) is 1. The summed E-state index contributed by atoms with van der Waals surface area (Å²) in [6, 6.07) is 24.2. The summed E-state index contributed by atoms with van der Waals surface area (Å²) in [7, 11) is 0. The lowest BCUT2D eigenvalue weighted by Gasteiger charge is -2.07. The normalized spacial score (nSPS) is 12.1. The zero-order valence-electron chi connectivity index (χ0n) is 18.8. The van der Waals surface area contributed by atoms with Gasteiger partial charge in [0.15, 0.2) is 11.3 Å². The van der Waals surface area contributed by atoms with Crippen LogP contribution in [0.5, 0.6) is 0 Å². The van der Waals surface area contributed by atoms with E-state index in [-0.39, 0.29) is 11.7 Å². The molecule has 5 nitrogen and oxygen atoms in total. The van der Waals surface area contributed by atoms with E-state index in [9.17, 15) is 4.79 Å². The highest BCUT2D eigenvalue weighted by Crippen LogP contribution is 2.29.